The van der Waals surface area contributed by atoms with Gasteiger partial charge in [0.05, 0.1) is 23.6 Å². The molecule has 29 heavy (non-hydrogen) atoms. The Labute approximate surface area is 169 Å². The van der Waals surface area contributed by atoms with E-state index >= 15 is 0 Å². The van der Waals surface area contributed by atoms with Gasteiger partial charge in [-0.15, -0.1) is 0 Å². The average Bonchev–Trinajstić information content (AvgIpc) is 2.98. The number of carbonyl (C=O) groups is 1. The fraction of sp³-hybridized carbons (Fsp3) is 0.190. The molecule has 3 aromatic rings. The van der Waals surface area contributed by atoms with Gasteiger partial charge in [0.1, 0.15) is 5.75 Å². The van der Waals surface area contributed by atoms with Crippen LogP contribution in [0.15, 0.2) is 59.5 Å². The summed E-state index contributed by atoms with van der Waals surface area (Å²) in [5.41, 5.74) is 3.76. The number of hydrogen-bond acceptors (Lipinski definition) is 4. The number of hydrogen-bond donors (Lipinski definition) is 2. The van der Waals surface area contributed by atoms with Crippen LogP contribution in [0.5, 0.6) is 5.75 Å². The number of ether oxygens (including phenoxy) is 1. The van der Waals surface area contributed by atoms with Crippen LogP contribution in [0.25, 0.3) is 16.9 Å². The molecule has 0 aliphatic heterocycles. The highest BCUT2D eigenvalue weighted by Gasteiger charge is 2.18. The summed E-state index contributed by atoms with van der Waals surface area (Å²) < 4.78 is 30.4. The first kappa shape index (κ1) is 20.6. The predicted molar refractivity (Wildman–Crippen MR) is 110 cm³/mol. The van der Waals surface area contributed by atoms with Crippen LogP contribution in [0.3, 0.4) is 0 Å². The van der Waals surface area contributed by atoms with Gasteiger partial charge in [0, 0.05) is 11.4 Å². The number of carboxylic acid groups (broad SMARTS) is 1. The molecule has 0 saturated heterocycles. The summed E-state index contributed by atoms with van der Waals surface area (Å²) in [6.07, 6.45) is -0.167. The minimum Gasteiger partial charge on any atom is -0.494 e. The van der Waals surface area contributed by atoms with Crippen molar-refractivity contribution < 1.29 is 23.1 Å². The number of benzene rings is 2. The lowest BCUT2D eigenvalue weighted by molar-refractivity contribution is -0.136. The summed E-state index contributed by atoms with van der Waals surface area (Å²) in [6.45, 7) is 4.32. The number of nitrogens with zero attached hydrogens (tertiary/aromatic N) is 1. The molecular weight excluding hydrogens is 392 g/mol. The molecule has 0 amide bonds. The highest BCUT2D eigenvalue weighted by Crippen LogP contribution is 2.31. The van der Waals surface area contributed by atoms with Gasteiger partial charge in [0.2, 0.25) is 10.0 Å². The molecule has 8 heteroatoms. The highest BCUT2D eigenvalue weighted by atomic mass is 32.2. The SMILES string of the molecule is CCOc1ccc(-c2cc(C)c(CC(=O)O)n2-c2ccc(S(N)(=O)=O)cc2)cc1. The van der Waals surface area contributed by atoms with Crippen LogP contribution in [0.1, 0.15) is 18.2 Å². The molecule has 3 rings (SSSR count). The van der Waals surface area contributed by atoms with Gasteiger partial charge in [-0.25, -0.2) is 13.6 Å². The number of nitrogens with two attached hydrogens (primary N) is 1. The Hall–Kier alpha value is -3.10. The monoisotopic (exact) mass is 414 g/mol. The third-order valence-corrected chi connectivity index (χ3v) is 5.45. The van der Waals surface area contributed by atoms with E-state index in [1.807, 2.05) is 48.7 Å². The summed E-state index contributed by atoms with van der Waals surface area (Å²) in [7, 11) is -3.82. The number of primary sulfonamides is 1. The zero-order valence-electron chi connectivity index (χ0n) is 16.1. The Balaban J connectivity index is 2.16. The first-order chi connectivity index (χ1) is 13.7. The minimum atomic E-state index is -3.82. The molecule has 7 nitrogen and oxygen atoms in total. The maximum Gasteiger partial charge on any atom is 0.309 e. The van der Waals surface area contributed by atoms with E-state index in [0.29, 0.717) is 18.0 Å². The van der Waals surface area contributed by atoms with Gasteiger partial charge in [-0.1, -0.05) is 0 Å². The molecule has 0 spiro atoms. The second kappa shape index (κ2) is 8.10. The number of carboxylic acids is 1. The lowest BCUT2D eigenvalue weighted by atomic mass is 10.1. The van der Waals surface area contributed by atoms with Gasteiger partial charge < -0.3 is 14.4 Å². The summed E-state index contributed by atoms with van der Waals surface area (Å²) >= 11 is 0. The fourth-order valence-electron chi connectivity index (χ4n) is 3.22. The molecule has 0 unspecified atom stereocenters. The Morgan fingerprint density at radius 1 is 1.10 bits per heavy atom. The van der Waals surface area contributed by atoms with Crippen molar-refractivity contribution in [2.75, 3.05) is 6.61 Å². The van der Waals surface area contributed by atoms with E-state index in [9.17, 15) is 18.3 Å². The van der Waals surface area contributed by atoms with E-state index in [0.717, 1.165) is 22.6 Å². The van der Waals surface area contributed by atoms with Gasteiger partial charge in [-0.2, -0.15) is 0 Å². The van der Waals surface area contributed by atoms with Gasteiger partial charge in [0.15, 0.2) is 0 Å². The second-order valence-electron chi connectivity index (χ2n) is 6.56. The van der Waals surface area contributed by atoms with E-state index in [1.165, 1.54) is 12.1 Å². The minimum absolute atomic E-state index is 0.00692. The molecule has 3 N–H and O–H groups in total. The summed E-state index contributed by atoms with van der Waals surface area (Å²) in [5.74, 6) is -0.207. The van der Waals surface area contributed by atoms with Crippen LogP contribution < -0.4 is 9.88 Å². The summed E-state index contributed by atoms with van der Waals surface area (Å²) in [6, 6.07) is 15.5. The standard InChI is InChI=1S/C21H22N2O5S/c1-3-28-17-8-4-15(5-9-17)20-12-14(2)19(13-21(24)25)23(20)16-6-10-18(11-7-16)29(22,26)27/h4-12H,3,13H2,1-2H3,(H,24,25)(H2,22,26,27). The van der Waals surface area contributed by atoms with Crippen molar-refractivity contribution in [3.63, 3.8) is 0 Å². The van der Waals surface area contributed by atoms with Gasteiger partial charge in [0.25, 0.3) is 0 Å². The third-order valence-electron chi connectivity index (χ3n) is 4.52. The van der Waals surface area contributed by atoms with Crippen molar-refractivity contribution in [2.24, 2.45) is 5.14 Å². The fourth-order valence-corrected chi connectivity index (χ4v) is 3.73. The number of sulfonamides is 1. The van der Waals surface area contributed by atoms with Crippen molar-refractivity contribution >= 4 is 16.0 Å². The Morgan fingerprint density at radius 3 is 2.24 bits per heavy atom. The molecule has 2 aromatic carbocycles. The molecule has 0 radical (unpaired) electrons. The van der Waals surface area contributed by atoms with E-state index in [1.54, 1.807) is 12.1 Å². The Morgan fingerprint density at radius 2 is 1.72 bits per heavy atom. The zero-order chi connectivity index (χ0) is 21.2. The second-order valence-corrected chi connectivity index (χ2v) is 8.12. The van der Waals surface area contributed by atoms with Gasteiger partial charge in [-0.05, 0) is 79.6 Å². The molecule has 0 aliphatic carbocycles. The Bertz CT molecular complexity index is 1130. The van der Waals surface area contributed by atoms with Crippen LogP contribution >= 0.6 is 0 Å². The van der Waals surface area contributed by atoms with E-state index in [-0.39, 0.29) is 11.3 Å². The van der Waals surface area contributed by atoms with Crippen molar-refractivity contribution in [3.05, 3.63) is 65.9 Å². The van der Waals surface area contributed by atoms with Crippen molar-refractivity contribution in [2.45, 2.75) is 25.2 Å². The van der Waals surface area contributed by atoms with E-state index in [4.69, 9.17) is 9.88 Å². The number of aryl methyl sites for hydroxylation is 1. The highest BCUT2D eigenvalue weighted by molar-refractivity contribution is 7.89. The van der Waals surface area contributed by atoms with Crippen molar-refractivity contribution in [3.8, 4) is 22.7 Å². The molecular formula is C21H22N2O5S. The van der Waals surface area contributed by atoms with Crippen LogP contribution in [0.4, 0.5) is 0 Å². The molecule has 1 aromatic heterocycles. The quantitative estimate of drug-likeness (QED) is 0.617. The van der Waals surface area contributed by atoms with Crippen molar-refractivity contribution in [1.29, 1.82) is 0 Å². The van der Waals surface area contributed by atoms with E-state index < -0.39 is 16.0 Å². The smallest absolute Gasteiger partial charge is 0.309 e. The first-order valence-corrected chi connectivity index (χ1v) is 10.5. The molecule has 0 saturated carbocycles. The zero-order valence-corrected chi connectivity index (χ0v) is 16.9. The van der Waals surface area contributed by atoms with Crippen LogP contribution in [0.2, 0.25) is 0 Å². The van der Waals surface area contributed by atoms with Crippen LogP contribution in [-0.4, -0.2) is 30.7 Å². The largest absolute Gasteiger partial charge is 0.494 e. The summed E-state index contributed by atoms with van der Waals surface area (Å²) in [4.78, 5) is 11.4. The van der Waals surface area contributed by atoms with E-state index in [2.05, 4.69) is 0 Å². The average molecular weight is 414 g/mol. The van der Waals surface area contributed by atoms with Gasteiger partial charge in [-0.3, -0.25) is 4.79 Å². The molecule has 0 aliphatic rings. The number of aliphatic carboxylic acids is 1. The normalized spacial score (nSPS) is 11.4. The number of aromatic nitrogens is 1. The maximum atomic E-state index is 11.6. The number of rotatable bonds is 7. The topological polar surface area (TPSA) is 112 Å². The van der Waals surface area contributed by atoms with Crippen LogP contribution in [0, 0.1) is 6.92 Å². The molecule has 1 heterocycles. The molecule has 152 valence electrons. The molecule has 0 bridgehead atoms. The molecule has 0 fully saturated rings. The molecule has 0 atom stereocenters. The Kier molecular flexibility index (Phi) is 5.76. The first-order valence-electron chi connectivity index (χ1n) is 9.00. The van der Waals surface area contributed by atoms with Crippen LogP contribution in [-0.2, 0) is 21.2 Å². The predicted octanol–water partition coefficient (Wildman–Crippen LogP) is 3.13. The lowest BCUT2D eigenvalue weighted by Gasteiger charge is -2.14. The lowest BCUT2D eigenvalue weighted by Crippen LogP contribution is -2.12. The summed E-state index contributed by atoms with van der Waals surface area (Å²) in [5, 5.41) is 14.5. The van der Waals surface area contributed by atoms with Gasteiger partial charge >= 0.3 is 5.97 Å². The maximum absolute atomic E-state index is 11.6. The van der Waals surface area contributed by atoms with Crippen molar-refractivity contribution in [1.82, 2.24) is 4.57 Å². The third kappa shape index (κ3) is 4.49.